The van der Waals surface area contributed by atoms with Crippen molar-refractivity contribution in [3.63, 3.8) is 0 Å². The standard InChI is InChI=1S/C21H19N5S/c1-13-10-23-9-7-14(13)12-24-20-18-16-5-2-6-17(16)27-21(18)26-19(25-20)15-4-3-8-22-11-15/h3-4,7-11H,2,5-6,12H2,1H3,(H,24,25,26). The number of hydrogen-bond donors (Lipinski definition) is 1. The summed E-state index contributed by atoms with van der Waals surface area (Å²) in [5.74, 6) is 1.65. The third-order valence-electron chi connectivity index (χ3n) is 5.07. The molecule has 4 aromatic rings. The van der Waals surface area contributed by atoms with Gasteiger partial charge in [-0.05, 0) is 61.1 Å². The Balaban J connectivity index is 1.61. The van der Waals surface area contributed by atoms with Crippen LogP contribution in [0, 0.1) is 6.92 Å². The van der Waals surface area contributed by atoms with Crippen LogP contribution in [0.2, 0.25) is 0 Å². The number of thiophene rings is 1. The molecule has 6 heteroatoms. The summed E-state index contributed by atoms with van der Waals surface area (Å²) in [6.45, 7) is 2.81. The number of rotatable bonds is 4. The van der Waals surface area contributed by atoms with Crippen LogP contribution in [0.5, 0.6) is 0 Å². The van der Waals surface area contributed by atoms with Crippen molar-refractivity contribution >= 4 is 27.4 Å². The Hall–Kier alpha value is -2.86. The second kappa shape index (κ2) is 6.70. The zero-order chi connectivity index (χ0) is 18.2. The molecule has 134 valence electrons. The van der Waals surface area contributed by atoms with E-state index in [0.29, 0.717) is 0 Å². The van der Waals surface area contributed by atoms with Gasteiger partial charge in [0.15, 0.2) is 5.82 Å². The van der Waals surface area contributed by atoms with E-state index >= 15 is 0 Å². The summed E-state index contributed by atoms with van der Waals surface area (Å²) in [6.07, 6.45) is 10.8. The molecule has 5 nitrogen and oxygen atoms in total. The van der Waals surface area contributed by atoms with Gasteiger partial charge in [-0.25, -0.2) is 9.97 Å². The minimum Gasteiger partial charge on any atom is -0.365 e. The molecule has 0 saturated heterocycles. The van der Waals surface area contributed by atoms with Crippen LogP contribution in [0.1, 0.15) is 28.0 Å². The zero-order valence-corrected chi connectivity index (χ0v) is 15.9. The second-order valence-electron chi connectivity index (χ2n) is 6.83. The Bertz CT molecular complexity index is 1120. The molecule has 0 saturated carbocycles. The normalized spacial score (nSPS) is 13.1. The maximum Gasteiger partial charge on any atom is 0.164 e. The summed E-state index contributed by atoms with van der Waals surface area (Å²) >= 11 is 1.81. The molecule has 1 aliphatic rings. The van der Waals surface area contributed by atoms with E-state index in [-0.39, 0.29) is 0 Å². The van der Waals surface area contributed by atoms with Gasteiger partial charge in [0.1, 0.15) is 10.6 Å². The van der Waals surface area contributed by atoms with Gasteiger partial charge in [-0.1, -0.05) is 0 Å². The van der Waals surface area contributed by atoms with Crippen LogP contribution in [-0.2, 0) is 19.4 Å². The second-order valence-corrected chi connectivity index (χ2v) is 7.91. The predicted octanol–water partition coefficient (Wildman–Crippen LogP) is 4.56. The highest BCUT2D eigenvalue weighted by Gasteiger charge is 2.22. The number of pyridine rings is 2. The van der Waals surface area contributed by atoms with E-state index in [4.69, 9.17) is 9.97 Å². The van der Waals surface area contributed by atoms with Crippen LogP contribution in [0.25, 0.3) is 21.6 Å². The van der Waals surface area contributed by atoms with Crippen LogP contribution in [0.3, 0.4) is 0 Å². The van der Waals surface area contributed by atoms with E-state index < -0.39 is 0 Å². The fourth-order valence-electron chi connectivity index (χ4n) is 3.63. The van der Waals surface area contributed by atoms with Crippen LogP contribution < -0.4 is 5.32 Å². The van der Waals surface area contributed by atoms with Crippen molar-refractivity contribution in [2.45, 2.75) is 32.7 Å². The summed E-state index contributed by atoms with van der Waals surface area (Å²) in [6, 6.07) is 5.98. The van der Waals surface area contributed by atoms with Crippen LogP contribution in [-0.4, -0.2) is 19.9 Å². The van der Waals surface area contributed by atoms with Gasteiger partial charge in [-0.15, -0.1) is 11.3 Å². The first kappa shape index (κ1) is 16.3. The van der Waals surface area contributed by atoms with Crippen molar-refractivity contribution in [2.75, 3.05) is 5.32 Å². The van der Waals surface area contributed by atoms with Crippen LogP contribution in [0.15, 0.2) is 43.0 Å². The molecule has 0 unspecified atom stereocenters. The van der Waals surface area contributed by atoms with Gasteiger partial charge in [-0.3, -0.25) is 9.97 Å². The highest BCUT2D eigenvalue weighted by molar-refractivity contribution is 7.19. The molecular formula is C21H19N5S. The first-order valence-corrected chi connectivity index (χ1v) is 9.97. The first-order valence-electron chi connectivity index (χ1n) is 9.15. The van der Waals surface area contributed by atoms with Gasteiger partial charge in [0, 0.05) is 41.8 Å². The Morgan fingerprint density at radius 2 is 2.00 bits per heavy atom. The Morgan fingerprint density at radius 3 is 2.85 bits per heavy atom. The molecule has 0 aromatic carbocycles. The number of aromatic nitrogens is 4. The van der Waals surface area contributed by atoms with E-state index in [1.807, 2.05) is 42.1 Å². The van der Waals surface area contributed by atoms with Crippen molar-refractivity contribution < 1.29 is 0 Å². The average molecular weight is 373 g/mol. The van der Waals surface area contributed by atoms with Crippen molar-refractivity contribution in [1.29, 1.82) is 0 Å². The summed E-state index contributed by atoms with van der Waals surface area (Å²) in [5, 5.41) is 4.78. The lowest BCUT2D eigenvalue weighted by atomic mass is 10.1. The SMILES string of the molecule is Cc1cnccc1CNc1nc(-c2cccnc2)nc2sc3c(c12)CCC3. The fraction of sp³-hybridized carbons (Fsp3) is 0.238. The molecule has 0 bridgehead atoms. The number of hydrogen-bond acceptors (Lipinski definition) is 6. The lowest BCUT2D eigenvalue weighted by Gasteiger charge is -2.11. The van der Waals surface area contributed by atoms with E-state index in [9.17, 15) is 0 Å². The molecule has 5 rings (SSSR count). The van der Waals surface area contributed by atoms with Gasteiger partial charge in [-0.2, -0.15) is 0 Å². The van der Waals surface area contributed by atoms with Gasteiger partial charge in [0.2, 0.25) is 0 Å². The fourth-order valence-corrected chi connectivity index (χ4v) is 4.89. The number of fused-ring (bicyclic) bond motifs is 3. The zero-order valence-electron chi connectivity index (χ0n) is 15.1. The van der Waals surface area contributed by atoms with E-state index in [0.717, 1.165) is 41.4 Å². The van der Waals surface area contributed by atoms with Crippen LogP contribution >= 0.6 is 11.3 Å². The molecule has 0 amide bonds. The monoisotopic (exact) mass is 373 g/mol. The van der Waals surface area contributed by atoms with Crippen molar-refractivity contribution in [1.82, 2.24) is 19.9 Å². The average Bonchev–Trinajstić information content (AvgIpc) is 3.28. The summed E-state index contributed by atoms with van der Waals surface area (Å²) in [5.41, 5.74) is 4.78. The molecule has 0 fully saturated rings. The highest BCUT2D eigenvalue weighted by Crippen LogP contribution is 2.40. The molecule has 27 heavy (non-hydrogen) atoms. The third-order valence-corrected chi connectivity index (χ3v) is 6.25. The van der Waals surface area contributed by atoms with Gasteiger partial charge in [0.05, 0.1) is 5.39 Å². The smallest absolute Gasteiger partial charge is 0.164 e. The maximum absolute atomic E-state index is 4.89. The van der Waals surface area contributed by atoms with Gasteiger partial charge < -0.3 is 5.32 Å². The highest BCUT2D eigenvalue weighted by atomic mass is 32.1. The minimum absolute atomic E-state index is 0.720. The van der Waals surface area contributed by atoms with Crippen molar-refractivity contribution in [3.05, 3.63) is 64.6 Å². The largest absolute Gasteiger partial charge is 0.365 e. The van der Waals surface area contributed by atoms with E-state index in [1.165, 1.54) is 33.4 Å². The maximum atomic E-state index is 4.89. The molecular weight excluding hydrogens is 354 g/mol. The minimum atomic E-state index is 0.720. The summed E-state index contributed by atoms with van der Waals surface area (Å²) < 4.78 is 0. The van der Waals surface area contributed by atoms with Crippen molar-refractivity contribution in [2.24, 2.45) is 0 Å². The molecule has 1 N–H and O–H groups in total. The number of aryl methyl sites for hydroxylation is 3. The van der Waals surface area contributed by atoms with E-state index in [2.05, 4.69) is 28.3 Å². The topological polar surface area (TPSA) is 63.6 Å². The summed E-state index contributed by atoms with van der Waals surface area (Å²) in [4.78, 5) is 20.7. The first-order chi connectivity index (χ1) is 13.3. The van der Waals surface area contributed by atoms with Crippen LogP contribution in [0.4, 0.5) is 5.82 Å². The molecule has 0 spiro atoms. The lowest BCUT2D eigenvalue weighted by molar-refractivity contribution is 0.917. The number of nitrogens with zero attached hydrogens (tertiary/aromatic N) is 4. The van der Waals surface area contributed by atoms with Crippen molar-refractivity contribution in [3.8, 4) is 11.4 Å². The number of nitrogens with one attached hydrogen (secondary N) is 1. The Kier molecular flexibility index (Phi) is 4.05. The molecule has 0 radical (unpaired) electrons. The predicted molar refractivity (Wildman–Crippen MR) is 109 cm³/mol. The Labute approximate surface area is 161 Å². The van der Waals surface area contributed by atoms with E-state index in [1.54, 1.807) is 6.20 Å². The third kappa shape index (κ3) is 2.96. The molecule has 0 atom stereocenters. The molecule has 1 aliphatic carbocycles. The quantitative estimate of drug-likeness (QED) is 0.568. The molecule has 0 aliphatic heterocycles. The van der Waals surface area contributed by atoms with Gasteiger partial charge >= 0.3 is 0 Å². The number of anilines is 1. The molecule has 4 heterocycles. The lowest BCUT2D eigenvalue weighted by Crippen LogP contribution is -2.05. The summed E-state index contributed by atoms with van der Waals surface area (Å²) in [7, 11) is 0. The Morgan fingerprint density at radius 1 is 1.07 bits per heavy atom. The molecule has 4 aromatic heterocycles. The van der Waals surface area contributed by atoms with Gasteiger partial charge in [0.25, 0.3) is 0 Å².